The van der Waals surface area contributed by atoms with E-state index < -0.39 is 5.60 Å². The van der Waals surface area contributed by atoms with Crippen LogP contribution >= 0.6 is 0 Å². The molecule has 1 aromatic carbocycles. The first kappa shape index (κ1) is 23.7. The van der Waals surface area contributed by atoms with Crippen molar-refractivity contribution in [1.29, 1.82) is 0 Å². The molecule has 0 bridgehead atoms. The summed E-state index contributed by atoms with van der Waals surface area (Å²) in [5.74, 6) is 0.972. The van der Waals surface area contributed by atoms with Gasteiger partial charge < -0.3 is 9.64 Å². The summed E-state index contributed by atoms with van der Waals surface area (Å²) in [6.45, 7) is 6.66. The van der Waals surface area contributed by atoms with Gasteiger partial charge in [0.25, 0.3) is 0 Å². The van der Waals surface area contributed by atoms with Crippen LogP contribution in [-0.4, -0.2) is 60.1 Å². The lowest BCUT2D eigenvalue weighted by molar-refractivity contribution is 0.0206. The van der Waals surface area contributed by atoms with Crippen molar-refractivity contribution < 1.29 is 13.9 Å². The first-order valence-electron chi connectivity index (χ1n) is 11.9. The quantitative estimate of drug-likeness (QED) is 0.404. The van der Waals surface area contributed by atoms with Crippen LogP contribution in [0, 0.1) is 5.82 Å². The lowest BCUT2D eigenvalue weighted by atomic mass is 10.0. The van der Waals surface area contributed by atoms with Gasteiger partial charge in [0.1, 0.15) is 22.9 Å². The molecular formula is C26H28FN7O2. The number of ether oxygens (including phenoxy) is 1. The SMILES string of the molecule is CC(C)(C)OC(=O)N1CCC(N(c2ncccn2)c2c(-c3ccc(F)cc3)nc3cnccn23)CC1. The topological polar surface area (TPSA) is 88.8 Å². The second-order valence-electron chi connectivity index (χ2n) is 9.71. The van der Waals surface area contributed by atoms with Crippen molar-refractivity contribution in [2.75, 3.05) is 18.0 Å². The summed E-state index contributed by atoms with van der Waals surface area (Å²) >= 11 is 0. The number of fused-ring (bicyclic) bond motifs is 1. The number of carbonyl (C=O) groups excluding carboxylic acids is 1. The number of aromatic nitrogens is 5. The molecule has 0 atom stereocenters. The summed E-state index contributed by atoms with van der Waals surface area (Å²) in [7, 11) is 0. The van der Waals surface area contributed by atoms with E-state index in [1.165, 1.54) is 12.1 Å². The molecule has 0 N–H and O–H groups in total. The number of anilines is 2. The van der Waals surface area contributed by atoms with Gasteiger partial charge in [-0.2, -0.15) is 0 Å². The molecule has 10 heteroatoms. The van der Waals surface area contributed by atoms with Crippen molar-refractivity contribution in [1.82, 2.24) is 29.2 Å². The maximum atomic E-state index is 13.7. The number of benzene rings is 1. The highest BCUT2D eigenvalue weighted by Gasteiger charge is 2.34. The van der Waals surface area contributed by atoms with E-state index in [2.05, 4.69) is 19.9 Å². The van der Waals surface area contributed by atoms with Gasteiger partial charge in [0.2, 0.25) is 5.95 Å². The molecule has 0 unspecified atom stereocenters. The molecule has 0 aliphatic carbocycles. The monoisotopic (exact) mass is 489 g/mol. The first-order valence-corrected chi connectivity index (χ1v) is 11.9. The second-order valence-corrected chi connectivity index (χ2v) is 9.71. The minimum absolute atomic E-state index is 0.0154. The molecule has 0 radical (unpaired) electrons. The Labute approximate surface area is 208 Å². The number of amides is 1. The fraction of sp³-hybridized carbons (Fsp3) is 0.346. The molecule has 5 rings (SSSR count). The van der Waals surface area contributed by atoms with Crippen molar-refractivity contribution in [3.05, 3.63) is 67.1 Å². The maximum Gasteiger partial charge on any atom is 0.410 e. The highest BCUT2D eigenvalue weighted by atomic mass is 19.1. The lowest BCUT2D eigenvalue weighted by Crippen LogP contribution is -2.47. The standard InChI is InChI=1S/C26H28FN7O2/c1-26(2,3)36-25(35)32-14-9-20(10-15-32)34(24-29-11-4-12-30-24)23-22(18-5-7-19(27)8-6-18)31-21-17-28-13-16-33(21)23/h4-8,11-13,16-17,20H,9-10,14-15H2,1-3H3. The molecule has 1 aliphatic rings. The van der Waals surface area contributed by atoms with Crippen LogP contribution in [0.2, 0.25) is 0 Å². The zero-order chi connectivity index (χ0) is 25.3. The Kier molecular flexibility index (Phi) is 6.26. The number of imidazole rings is 1. The fourth-order valence-corrected chi connectivity index (χ4v) is 4.41. The van der Waals surface area contributed by atoms with Crippen LogP contribution in [0.5, 0.6) is 0 Å². The highest BCUT2D eigenvalue weighted by molar-refractivity contribution is 5.80. The second kappa shape index (κ2) is 9.52. The minimum Gasteiger partial charge on any atom is -0.444 e. The number of piperidine rings is 1. The Morgan fingerprint density at radius 1 is 1.08 bits per heavy atom. The molecule has 1 fully saturated rings. The summed E-state index contributed by atoms with van der Waals surface area (Å²) < 4.78 is 21.2. The minimum atomic E-state index is -0.549. The predicted molar refractivity (Wildman–Crippen MR) is 133 cm³/mol. The fourth-order valence-electron chi connectivity index (χ4n) is 4.41. The average molecular weight is 490 g/mol. The summed E-state index contributed by atoms with van der Waals surface area (Å²) in [4.78, 5) is 34.6. The van der Waals surface area contributed by atoms with Crippen molar-refractivity contribution >= 4 is 23.5 Å². The summed E-state index contributed by atoms with van der Waals surface area (Å²) in [5, 5.41) is 0. The molecule has 1 saturated heterocycles. The Bertz CT molecular complexity index is 1340. The van der Waals surface area contributed by atoms with Crippen LogP contribution in [0.25, 0.3) is 16.9 Å². The summed E-state index contributed by atoms with van der Waals surface area (Å²) in [6.07, 6.45) is 9.68. The number of likely N-dealkylation sites (tertiary alicyclic amines) is 1. The van der Waals surface area contributed by atoms with Gasteiger partial charge in [-0.3, -0.25) is 14.3 Å². The van der Waals surface area contributed by atoms with E-state index in [0.717, 1.165) is 11.4 Å². The van der Waals surface area contributed by atoms with Crippen LogP contribution in [0.4, 0.5) is 21.0 Å². The van der Waals surface area contributed by atoms with Crippen molar-refractivity contribution in [2.24, 2.45) is 0 Å². The molecule has 0 saturated carbocycles. The van der Waals surface area contributed by atoms with Crippen LogP contribution in [0.3, 0.4) is 0 Å². The third kappa shape index (κ3) is 4.84. The maximum absolute atomic E-state index is 13.7. The van der Waals surface area contributed by atoms with Gasteiger partial charge in [0.05, 0.1) is 6.20 Å². The van der Waals surface area contributed by atoms with Gasteiger partial charge in [-0.25, -0.2) is 24.1 Å². The zero-order valence-electron chi connectivity index (χ0n) is 20.5. The molecule has 0 spiro atoms. The number of nitrogens with zero attached hydrogens (tertiary/aromatic N) is 7. The number of halogens is 1. The van der Waals surface area contributed by atoms with E-state index in [-0.39, 0.29) is 18.0 Å². The highest BCUT2D eigenvalue weighted by Crippen LogP contribution is 2.38. The largest absolute Gasteiger partial charge is 0.444 e. The molecule has 3 aromatic heterocycles. The summed E-state index contributed by atoms with van der Waals surface area (Å²) in [5.41, 5.74) is 1.54. The van der Waals surface area contributed by atoms with Crippen LogP contribution in [-0.2, 0) is 4.74 Å². The Hall–Kier alpha value is -4.08. The van der Waals surface area contributed by atoms with Gasteiger partial charge in [-0.1, -0.05) is 0 Å². The van der Waals surface area contributed by atoms with Gasteiger partial charge in [-0.05, 0) is 63.9 Å². The number of hydrogen-bond acceptors (Lipinski definition) is 7. The van der Waals surface area contributed by atoms with E-state index in [9.17, 15) is 9.18 Å². The average Bonchev–Trinajstić information content (AvgIpc) is 3.24. The predicted octanol–water partition coefficient (Wildman–Crippen LogP) is 4.86. The zero-order valence-corrected chi connectivity index (χ0v) is 20.5. The van der Waals surface area contributed by atoms with Gasteiger partial charge in [-0.15, -0.1) is 0 Å². The van der Waals surface area contributed by atoms with Gasteiger partial charge in [0, 0.05) is 49.5 Å². The number of carbonyl (C=O) groups is 1. The molecule has 36 heavy (non-hydrogen) atoms. The molecule has 9 nitrogen and oxygen atoms in total. The van der Waals surface area contributed by atoms with Crippen LogP contribution < -0.4 is 4.90 Å². The molecule has 186 valence electrons. The van der Waals surface area contributed by atoms with Crippen LogP contribution in [0.1, 0.15) is 33.6 Å². The smallest absolute Gasteiger partial charge is 0.410 e. The van der Waals surface area contributed by atoms with Crippen molar-refractivity contribution in [3.8, 4) is 11.3 Å². The van der Waals surface area contributed by atoms with E-state index >= 15 is 0 Å². The van der Waals surface area contributed by atoms with Gasteiger partial charge in [0.15, 0.2) is 5.65 Å². The molecular weight excluding hydrogens is 461 g/mol. The van der Waals surface area contributed by atoms with E-state index in [1.807, 2.05) is 31.4 Å². The number of rotatable bonds is 4. The Balaban J connectivity index is 1.55. The molecule has 1 aliphatic heterocycles. The molecule has 1 amide bonds. The van der Waals surface area contributed by atoms with Crippen molar-refractivity contribution in [2.45, 2.75) is 45.3 Å². The van der Waals surface area contributed by atoms with E-state index in [1.54, 1.807) is 47.9 Å². The third-order valence-corrected chi connectivity index (χ3v) is 6.00. The third-order valence-electron chi connectivity index (χ3n) is 6.00. The first-order chi connectivity index (χ1) is 17.3. The lowest BCUT2D eigenvalue weighted by Gasteiger charge is -2.38. The normalized spacial score (nSPS) is 14.7. The van der Waals surface area contributed by atoms with Gasteiger partial charge >= 0.3 is 6.09 Å². The van der Waals surface area contributed by atoms with E-state index in [0.29, 0.717) is 43.2 Å². The summed E-state index contributed by atoms with van der Waals surface area (Å²) in [6, 6.07) is 8.02. The van der Waals surface area contributed by atoms with Crippen LogP contribution in [0.15, 0.2) is 61.3 Å². The Morgan fingerprint density at radius 2 is 1.78 bits per heavy atom. The molecule has 4 heterocycles. The van der Waals surface area contributed by atoms with E-state index in [4.69, 9.17) is 9.72 Å². The Morgan fingerprint density at radius 3 is 2.44 bits per heavy atom. The number of hydrogen-bond donors (Lipinski definition) is 0. The van der Waals surface area contributed by atoms with Crippen molar-refractivity contribution in [3.63, 3.8) is 0 Å². The molecule has 4 aromatic rings.